The lowest BCUT2D eigenvalue weighted by molar-refractivity contribution is -0.00000200. The molecule has 0 aliphatic heterocycles. The second-order valence-corrected chi connectivity index (χ2v) is 6.14. The second-order valence-electron chi connectivity index (χ2n) is 3.48. The maximum absolute atomic E-state index is 2.37. The van der Waals surface area contributed by atoms with Gasteiger partial charge in [-0.15, -0.1) is 0 Å². The smallest absolute Gasteiger partial charge is 0.0655 e. The fourth-order valence-electron chi connectivity index (χ4n) is 1.69. The molecule has 1 atom stereocenters. The van der Waals surface area contributed by atoms with Crippen LogP contribution in [0, 0.1) is 0 Å². The van der Waals surface area contributed by atoms with Gasteiger partial charge in [0, 0.05) is 0 Å². The zero-order valence-corrected chi connectivity index (χ0v) is 10.3. The van der Waals surface area contributed by atoms with Gasteiger partial charge in [0.05, 0.1) is 11.3 Å². The van der Waals surface area contributed by atoms with Crippen molar-refractivity contribution in [2.75, 3.05) is 0 Å². The summed E-state index contributed by atoms with van der Waals surface area (Å²) in [5.74, 6) is 0. The number of halogens is 1. The van der Waals surface area contributed by atoms with Crippen LogP contribution in [0.2, 0.25) is 0 Å². The first-order chi connectivity index (χ1) is 4.29. The summed E-state index contributed by atoms with van der Waals surface area (Å²) < 4.78 is 0. The third kappa shape index (κ3) is 4.12. The van der Waals surface area contributed by atoms with E-state index in [1.807, 2.05) is 0 Å². The van der Waals surface area contributed by atoms with Gasteiger partial charge < -0.3 is 24.0 Å². The molecule has 1 aliphatic rings. The Bertz CT molecular complexity index is 77.3. The molecule has 0 spiro atoms. The Morgan fingerprint density at radius 3 is 2.10 bits per heavy atom. The summed E-state index contributed by atoms with van der Waals surface area (Å²) in [5, 5.41) is 0. The van der Waals surface area contributed by atoms with Crippen LogP contribution in [0.15, 0.2) is 0 Å². The Balaban J connectivity index is 0.000000810. The van der Waals surface area contributed by atoms with Crippen molar-refractivity contribution in [3.8, 4) is 0 Å². The highest BCUT2D eigenvalue weighted by atomic mass is 127. The maximum Gasteiger partial charge on any atom is 0.0655 e. The van der Waals surface area contributed by atoms with Crippen LogP contribution >= 0.6 is 8.58 Å². The van der Waals surface area contributed by atoms with E-state index < -0.39 is 0 Å². The molecule has 0 radical (unpaired) electrons. The van der Waals surface area contributed by atoms with E-state index >= 15 is 0 Å². The maximum atomic E-state index is 2.37. The van der Waals surface area contributed by atoms with Gasteiger partial charge in [0.25, 0.3) is 0 Å². The number of rotatable bonds is 2. The molecule has 0 bridgehead atoms. The lowest BCUT2D eigenvalue weighted by atomic mass is 10.4. The molecule has 1 aliphatic carbocycles. The SMILES string of the molecule is CC(C)[PH2+]C1CCCC1.[I-]. The summed E-state index contributed by atoms with van der Waals surface area (Å²) in [4.78, 5) is 0. The molecule has 1 fully saturated rings. The van der Waals surface area contributed by atoms with Crippen LogP contribution < -0.4 is 24.0 Å². The average molecular weight is 272 g/mol. The average Bonchev–Trinajstić information content (AvgIpc) is 2.15. The van der Waals surface area contributed by atoms with E-state index in [0.29, 0.717) is 0 Å². The molecule has 2 heteroatoms. The predicted octanol–water partition coefficient (Wildman–Crippen LogP) is -0.248. The molecule has 10 heavy (non-hydrogen) atoms. The van der Waals surface area contributed by atoms with E-state index in [2.05, 4.69) is 13.8 Å². The molecule has 1 rings (SSSR count). The molecule has 1 saturated carbocycles. The van der Waals surface area contributed by atoms with Gasteiger partial charge in [0.15, 0.2) is 0 Å². The zero-order valence-electron chi connectivity index (χ0n) is 6.94. The lowest BCUT2D eigenvalue weighted by Gasteiger charge is -2.03. The van der Waals surface area contributed by atoms with Crippen molar-refractivity contribution in [1.82, 2.24) is 0 Å². The molecule has 0 aromatic heterocycles. The summed E-state index contributed by atoms with van der Waals surface area (Å²) in [6.45, 7) is 4.74. The molecule has 0 nitrogen and oxygen atoms in total. The van der Waals surface area contributed by atoms with Crippen molar-refractivity contribution in [3.05, 3.63) is 0 Å². The van der Waals surface area contributed by atoms with Crippen molar-refractivity contribution in [2.45, 2.75) is 50.8 Å². The highest BCUT2D eigenvalue weighted by Crippen LogP contribution is 2.36. The van der Waals surface area contributed by atoms with E-state index in [4.69, 9.17) is 0 Å². The first-order valence-electron chi connectivity index (χ1n) is 4.14. The van der Waals surface area contributed by atoms with Crippen molar-refractivity contribution in [1.29, 1.82) is 0 Å². The van der Waals surface area contributed by atoms with Gasteiger partial charge in [0.1, 0.15) is 0 Å². The van der Waals surface area contributed by atoms with Crippen molar-refractivity contribution >= 4 is 8.58 Å². The summed E-state index contributed by atoms with van der Waals surface area (Å²) >= 11 is 0. The predicted molar refractivity (Wildman–Crippen MR) is 47.1 cm³/mol. The second kappa shape index (κ2) is 5.77. The molecule has 0 aromatic rings. The molecule has 0 amide bonds. The molecular weight excluding hydrogens is 254 g/mol. The zero-order chi connectivity index (χ0) is 6.69. The normalized spacial score (nSPS) is 20.7. The molecule has 1 unspecified atom stereocenters. The first-order valence-corrected chi connectivity index (χ1v) is 5.47. The van der Waals surface area contributed by atoms with Crippen LogP contribution in [0.1, 0.15) is 39.5 Å². The topological polar surface area (TPSA) is 0 Å². The van der Waals surface area contributed by atoms with Crippen LogP contribution in [-0.2, 0) is 0 Å². The van der Waals surface area contributed by atoms with Gasteiger partial charge in [-0.1, -0.05) is 0 Å². The summed E-state index contributed by atoms with van der Waals surface area (Å²) in [7, 11) is 0.782. The summed E-state index contributed by atoms with van der Waals surface area (Å²) in [6, 6.07) is 0. The van der Waals surface area contributed by atoms with Crippen LogP contribution in [-0.4, -0.2) is 11.3 Å². The quantitative estimate of drug-likeness (QED) is 0.480. The molecular formula is C8H18IP. The van der Waals surface area contributed by atoms with Crippen LogP contribution in [0.4, 0.5) is 0 Å². The third-order valence-corrected chi connectivity index (χ3v) is 4.04. The van der Waals surface area contributed by atoms with E-state index in [0.717, 1.165) is 14.2 Å². The van der Waals surface area contributed by atoms with Crippen LogP contribution in [0.3, 0.4) is 0 Å². The monoisotopic (exact) mass is 272 g/mol. The van der Waals surface area contributed by atoms with Gasteiger partial charge in [-0.05, 0) is 48.1 Å². The summed E-state index contributed by atoms with van der Waals surface area (Å²) in [5.41, 5.74) is 2.18. The van der Waals surface area contributed by atoms with Crippen molar-refractivity contribution < 1.29 is 24.0 Å². The summed E-state index contributed by atoms with van der Waals surface area (Å²) in [6.07, 6.45) is 6.13. The first kappa shape index (κ1) is 11.2. The van der Waals surface area contributed by atoms with E-state index in [-0.39, 0.29) is 24.0 Å². The third-order valence-electron chi connectivity index (χ3n) is 2.06. The van der Waals surface area contributed by atoms with E-state index in [1.54, 1.807) is 12.8 Å². The minimum atomic E-state index is 0. The van der Waals surface area contributed by atoms with Gasteiger partial charge in [-0.25, -0.2) is 0 Å². The molecule has 0 saturated heterocycles. The minimum absolute atomic E-state index is 0. The number of hydrogen-bond acceptors (Lipinski definition) is 0. The van der Waals surface area contributed by atoms with Crippen LogP contribution in [0.25, 0.3) is 0 Å². The standard InChI is InChI=1S/C8H17P.HI/c1-7(2)9-8-5-3-4-6-8;/h7-9H,3-6H2,1-2H3;1H. The van der Waals surface area contributed by atoms with Gasteiger partial charge in [-0.3, -0.25) is 0 Å². The Labute approximate surface area is 83.3 Å². The Morgan fingerprint density at radius 1 is 1.20 bits per heavy atom. The van der Waals surface area contributed by atoms with Gasteiger partial charge in [-0.2, -0.15) is 0 Å². The molecule has 0 aromatic carbocycles. The highest BCUT2D eigenvalue weighted by molar-refractivity contribution is 7.39. The van der Waals surface area contributed by atoms with Crippen molar-refractivity contribution in [2.24, 2.45) is 0 Å². The Hall–Kier alpha value is 1.16. The highest BCUT2D eigenvalue weighted by Gasteiger charge is 2.20. The van der Waals surface area contributed by atoms with E-state index in [1.165, 1.54) is 18.5 Å². The van der Waals surface area contributed by atoms with Crippen molar-refractivity contribution in [3.63, 3.8) is 0 Å². The largest absolute Gasteiger partial charge is 1.00 e. The fraction of sp³-hybridized carbons (Fsp3) is 1.00. The fourth-order valence-corrected chi connectivity index (χ4v) is 3.64. The minimum Gasteiger partial charge on any atom is -1.00 e. The molecule has 0 heterocycles. The number of hydrogen-bond donors (Lipinski definition) is 0. The van der Waals surface area contributed by atoms with Gasteiger partial charge in [0.2, 0.25) is 0 Å². The Morgan fingerprint density at radius 2 is 1.70 bits per heavy atom. The van der Waals surface area contributed by atoms with Crippen LogP contribution in [0.5, 0.6) is 0 Å². The van der Waals surface area contributed by atoms with E-state index in [9.17, 15) is 0 Å². The lowest BCUT2D eigenvalue weighted by Crippen LogP contribution is -3.00. The molecule has 62 valence electrons. The molecule has 0 N–H and O–H groups in total. The van der Waals surface area contributed by atoms with Gasteiger partial charge >= 0.3 is 0 Å². The Kier molecular flexibility index (Phi) is 6.43.